The third kappa shape index (κ3) is 2.56. The topological polar surface area (TPSA) is 49.0 Å². The molecule has 0 saturated carbocycles. The molecule has 0 fully saturated rings. The number of amides is 1. The molecule has 0 saturated heterocycles. The minimum Gasteiger partial charge on any atom is -0.338 e. The highest BCUT2D eigenvalue weighted by Gasteiger charge is 2.15. The first-order valence-corrected chi connectivity index (χ1v) is 7.41. The van der Waals surface area contributed by atoms with Crippen LogP contribution in [0.5, 0.6) is 0 Å². The second-order valence-corrected chi connectivity index (χ2v) is 5.78. The standard InChI is InChI=1S/C16H13Cl2N3O/c1-9(22)21(2)15-6-4-3-5-10(15)16-19-13-7-11(17)12(18)8-14(13)20-16/h3-8H,1-2H3,(H,19,20). The van der Waals surface area contributed by atoms with Gasteiger partial charge in [0, 0.05) is 19.5 Å². The van der Waals surface area contributed by atoms with Crippen LogP contribution in [0, 0.1) is 0 Å². The van der Waals surface area contributed by atoms with Crippen LogP contribution in [0.2, 0.25) is 10.0 Å². The molecule has 4 nitrogen and oxygen atoms in total. The van der Waals surface area contributed by atoms with Gasteiger partial charge < -0.3 is 9.88 Å². The molecule has 0 aliphatic heterocycles. The first-order valence-electron chi connectivity index (χ1n) is 6.66. The minimum atomic E-state index is -0.0466. The molecule has 0 aliphatic carbocycles. The number of imidazole rings is 1. The summed E-state index contributed by atoms with van der Waals surface area (Å²) in [4.78, 5) is 21.0. The quantitative estimate of drug-likeness (QED) is 0.749. The monoisotopic (exact) mass is 333 g/mol. The van der Waals surface area contributed by atoms with Gasteiger partial charge >= 0.3 is 0 Å². The van der Waals surface area contributed by atoms with Gasteiger partial charge in [-0.1, -0.05) is 35.3 Å². The van der Waals surface area contributed by atoms with Crippen LogP contribution in [0.4, 0.5) is 5.69 Å². The molecule has 22 heavy (non-hydrogen) atoms. The fraction of sp³-hybridized carbons (Fsp3) is 0.125. The number of aromatic amines is 1. The molecular weight excluding hydrogens is 321 g/mol. The van der Waals surface area contributed by atoms with Crippen molar-refractivity contribution >= 4 is 45.8 Å². The highest BCUT2D eigenvalue weighted by Crippen LogP contribution is 2.32. The molecule has 0 radical (unpaired) electrons. The second kappa shape index (κ2) is 5.63. The highest BCUT2D eigenvalue weighted by molar-refractivity contribution is 6.42. The third-order valence-corrected chi connectivity index (χ3v) is 4.24. The second-order valence-electron chi connectivity index (χ2n) is 4.96. The number of hydrogen-bond acceptors (Lipinski definition) is 2. The van der Waals surface area contributed by atoms with Crippen molar-refractivity contribution in [3.63, 3.8) is 0 Å². The molecule has 0 bridgehead atoms. The van der Waals surface area contributed by atoms with Crippen LogP contribution in [0.3, 0.4) is 0 Å². The van der Waals surface area contributed by atoms with E-state index >= 15 is 0 Å². The molecule has 0 atom stereocenters. The number of nitrogens with one attached hydrogen (secondary N) is 1. The summed E-state index contributed by atoms with van der Waals surface area (Å²) in [6.45, 7) is 1.52. The van der Waals surface area contributed by atoms with Crippen LogP contribution in [0.15, 0.2) is 36.4 Å². The molecule has 1 N–H and O–H groups in total. The normalized spacial score (nSPS) is 10.9. The zero-order valence-electron chi connectivity index (χ0n) is 12.0. The summed E-state index contributed by atoms with van der Waals surface area (Å²) in [6.07, 6.45) is 0. The SMILES string of the molecule is CC(=O)N(C)c1ccccc1-c1nc2cc(Cl)c(Cl)cc2[nH]1. The number of aromatic nitrogens is 2. The Hall–Kier alpha value is -2.04. The summed E-state index contributed by atoms with van der Waals surface area (Å²) in [7, 11) is 1.73. The van der Waals surface area contributed by atoms with Gasteiger partial charge in [0.05, 0.1) is 26.8 Å². The lowest BCUT2D eigenvalue weighted by atomic mass is 10.1. The number of H-pyrrole nitrogens is 1. The van der Waals surface area contributed by atoms with Gasteiger partial charge in [-0.05, 0) is 24.3 Å². The van der Waals surface area contributed by atoms with Crippen LogP contribution in [-0.4, -0.2) is 22.9 Å². The predicted molar refractivity (Wildman–Crippen MR) is 90.6 cm³/mol. The minimum absolute atomic E-state index is 0.0466. The molecule has 0 unspecified atom stereocenters. The van der Waals surface area contributed by atoms with Gasteiger partial charge in [-0.25, -0.2) is 4.98 Å². The Morgan fingerprint density at radius 3 is 2.59 bits per heavy atom. The van der Waals surface area contributed by atoms with Crippen LogP contribution in [0.25, 0.3) is 22.4 Å². The van der Waals surface area contributed by atoms with E-state index in [1.54, 1.807) is 24.1 Å². The van der Waals surface area contributed by atoms with E-state index in [1.165, 1.54) is 6.92 Å². The van der Waals surface area contributed by atoms with Gasteiger partial charge in [-0.3, -0.25) is 4.79 Å². The Bertz CT molecular complexity index is 834. The van der Waals surface area contributed by atoms with Crippen molar-refractivity contribution in [2.45, 2.75) is 6.92 Å². The van der Waals surface area contributed by atoms with E-state index in [2.05, 4.69) is 9.97 Å². The number of anilines is 1. The van der Waals surface area contributed by atoms with Crippen molar-refractivity contribution in [3.05, 3.63) is 46.4 Å². The Kier molecular flexibility index (Phi) is 3.81. The van der Waals surface area contributed by atoms with Gasteiger partial charge in [0.2, 0.25) is 5.91 Å². The van der Waals surface area contributed by atoms with Crippen molar-refractivity contribution in [1.29, 1.82) is 0 Å². The summed E-state index contributed by atoms with van der Waals surface area (Å²) in [5.74, 6) is 0.617. The molecule has 3 rings (SSSR count). The number of carbonyl (C=O) groups is 1. The Morgan fingerprint density at radius 2 is 1.86 bits per heavy atom. The first kappa shape index (κ1) is 14.9. The molecule has 1 aromatic heterocycles. The zero-order valence-corrected chi connectivity index (χ0v) is 13.5. The van der Waals surface area contributed by atoms with Crippen molar-refractivity contribution in [2.75, 3.05) is 11.9 Å². The van der Waals surface area contributed by atoms with E-state index in [-0.39, 0.29) is 5.91 Å². The average molecular weight is 334 g/mol. The van der Waals surface area contributed by atoms with E-state index in [0.29, 0.717) is 15.9 Å². The highest BCUT2D eigenvalue weighted by atomic mass is 35.5. The van der Waals surface area contributed by atoms with Crippen molar-refractivity contribution in [1.82, 2.24) is 9.97 Å². The van der Waals surface area contributed by atoms with Gasteiger partial charge in [-0.15, -0.1) is 0 Å². The lowest BCUT2D eigenvalue weighted by Crippen LogP contribution is -2.23. The number of halogens is 2. The zero-order chi connectivity index (χ0) is 15.9. The largest absolute Gasteiger partial charge is 0.338 e. The van der Waals surface area contributed by atoms with Crippen LogP contribution >= 0.6 is 23.2 Å². The lowest BCUT2D eigenvalue weighted by molar-refractivity contribution is -0.116. The number of fused-ring (bicyclic) bond motifs is 1. The van der Waals surface area contributed by atoms with Crippen LogP contribution in [0.1, 0.15) is 6.92 Å². The Morgan fingerprint density at radius 1 is 1.18 bits per heavy atom. The summed E-state index contributed by atoms with van der Waals surface area (Å²) in [5, 5.41) is 0.930. The summed E-state index contributed by atoms with van der Waals surface area (Å²) in [6, 6.07) is 11.0. The van der Waals surface area contributed by atoms with Crippen molar-refractivity contribution in [3.8, 4) is 11.4 Å². The molecule has 112 valence electrons. The van der Waals surface area contributed by atoms with E-state index in [9.17, 15) is 4.79 Å². The Labute approximate surface area is 137 Å². The molecule has 1 heterocycles. The summed E-state index contributed by atoms with van der Waals surface area (Å²) in [5.41, 5.74) is 3.14. The molecular formula is C16H13Cl2N3O. The summed E-state index contributed by atoms with van der Waals surface area (Å²) < 4.78 is 0. The maximum atomic E-state index is 11.6. The number of benzene rings is 2. The number of carbonyl (C=O) groups excluding carboxylic acids is 1. The lowest BCUT2D eigenvalue weighted by Gasteiger charge is -2.17. The molecule has 0 aliphatic rings. The molecule has 0 spiro atoms. The van der Waals surface area contributed by atoms with Crippen LogP contribution in [-0.2, 0) is 4.79 Å². The predicted octanol–water partition coefficient (Wildman–Crippen LogP) is 4.52. The van der Waals surface area contributed by atoms with E-state index < -0.39 is 0 Å². The first-order chi connectivity index (χ1) is 10.5. The van der Waals surface area contributed by atoms with Gasteiger partial charge in [-0.2, -0.15) is 0 Å². The van der Waals surface area contributed by atoms with Gasteiger partial charge in [0.15, 0.2) is 0 Å². The fourth-order valence-electron chi connectivity index (χ4n) is 2.27. The molecule has 3 aromatic rings. The Balaban J connectivity index is 2.18. The number of hydrogen-bond donors (Lipinski definition) is 1. The van der Waals surface area contributed by atoms with Gasteiger partial charge in [0.25, 0.3) is 0 Å². The third-order valence-electron chi connectivity index (χ3n) is 3.52. The van der Waals surface area contributed by atoms with Gasteiger partial charge in [0.1, 0.15) is 5.82 Å². The molecule has 2 aromatic carbocycles. The number of rotatable bonds is 2. The fourth-order valence-corrected chi connectivity index (χ4v) is 2.59. The van der Waals surface area contributed by atoms with Crippen molar-refractivity contribution < 1.29 is 4.79 Å². The van der Waals surface area contributed by atoms with Crippen LogP contribution < -0.4 is 4.90 Å². The van der Waals surface area contributed by atoms with E-state index in [0.717, 1.165) is 22.3 Å². The number of nitrogens with zero attached hydrogens (tertiary/aromatic N) is 2. The maximum absolute atomic E-state index is 11.6. The summed E-state index contributed by atoms with van der Waals surface area (Å²) >= 11 is 12.1. The smallest absolute Gasteiger partial charge is 0.223 e. The number of para-hydroxylation sites is 1. The molecule has 6 heteroatoms. The van der Waals surface area contributed by atoms with E-state index in [4.69, 9.17) is 23.2 Å². The van der Waals surface area contributed by atoms with E-state index in [1.807, 2.05) is 24.3 Å². The van der Waals surface area contributed by atoms with Crippen molar-refractivity contribution in [2.24, 2.45) is 0 Å². The maximum Gasteiger partial charge on any atom is 0.223 e. The average Bonchev–Trinajstić information content (AvgIpc) is 2.89. The molecule has 1 amide bonds.